The van der Waals surface area contributed by atoms with Gasteiger partial charge in [-0.15, -0.1) is 0 Å². The minimum atomic E-state index is -0.0809. The first-order valence-electron chi connectivity index (χ1n) is 7.96. The van der Waals surface area contributed by atoms with Gasteiger partial charge in [-0.3, -0.25) is 0 Å². The molecule has 2 N–H and O–H groups in total. The second kappa shape index (κ2) is 5.19. The largest absolute Gasteiger partial charge is 0.466 e. The predicted octanol–water partition coefficient (Wildman–Crippen LogP) is 3.49. The molecule has 1 heterocycles. The fraction of sp³-hybridized carbons (Fsp3) is 0.765. The zero-order chi connectivity index (χ0) is 14.3. The fourth-order valence-corrected chi connectivity index (χ4v) is 3.86. The highest BCUT2D eigenvalue weighted by atomic mass is 16.3. The van der Waals surface area contributed by atoms with Gasteiger partial charge in [-0.1, -0.05) is 13.8 Å². The van der Waals surface area contributed by atoms with Crippen LogP contribution in [-0.4, -0.2) is 17.3 Å². The molecule has 0 aliphatic heterocycles. The van der Waals surface area contributed by atoms with E-state index in [-0.39, 0.29) is 6.10 Å². The van der Waals surface area contributed by atoms with Crippen molar-refractivity contribution in [3.05, 3.63) is 23.2 Å². The molecule has 3 nitrogen and oxygen atoms in total. The maximum Gasteiger partial charge on any atom is 0.109 e. The van der Waals surface area contributed by atoms with E-state index in [1.54, 1.807) is 0 Å². The molecular formula is C17H27NO2. The highest BCUT2D eigenvalue weighted by Gasteiger charge is 2.36. The maximum absolute atomic E-state index is 9.63. The van der Waals surface area contributed by atoms with Crippen LogP contribution in [0.15, 0.2) is 10.5 Å². The Morgan fingerprint density at radius 3 is 2.65 bits per heavy atom. The Morgan fingerprint density at radius 1 is 1.25 bits per heavy atom. The summed E-state index contributed by atoms with van der Waals surface area (Å²) >= 11 is 0. The van der Waals surface area contributed by atoms with Crippen molar-refractivity contribution in [1.82, 2.24) is 5.32 Å². The Labute approximate surface area is 121 Å². The van der Waals surface area contributed by atoms with Crippen LogP contribution in [0.2, 0.25) is 0 Å². The van der Waals surface area contributed by atoms with Crippen LogP contribution in [0.1, 0.15) is 69.1 Å². The average molecular weight is 277 g/mol. The van der Waals surface area contributed by atoms with Gasteiger partial charge in [0.25, 0.3) is 0 Å². The third-order valence-electron chi connectivity index (χ3n) is 4.87. The fourth-order valence-electron chi connectivity index (χ4n) is 3.86. The number of aliphatic hydroxyl groups is 1. The second-order valence-electron chi connectivity index (χ2n) is 7.51. The van der Waals surface area contributed by atoms with E-state index < -0.39 is 0 Å². The van der Waals surface area contributed by atoms with E-state index in [1.165, 1.54) is 11.3 Å². The van der Waals surface area contributed by atoms with Gasteiger partial charge in [-0.05, 0) is 50.5 Å². The molecule has 1 unspecified atom stereocenters. The van der Waals surface area contributed by atoms with Crippen molar-refractivity contribution in [1.29, 1.82) is 0 Å². The summed E-state index contributed by atoms with van der Waals surface area (Å²) in [6.07, 6.45) is 6.17. The van der Waals surface area contributed by atoms with Crippen molar-refractivity contribution in [3.8, 4) is 0 Å². The highest BCUT2D eigenvalue weighted by molar-refractivity contribution is 5.29. The number of fused-ring (bicyclic) bond motifs is 1. The number of hydrogen-bond donors (Lipinski definition) is 2. The van der Waals surface area contributed by atoms with E-state index in [4.69, 9.17) is 4.42 Å². The summed E-state index contributed by atoms with van der Waals surface area (Å²) in [6.45, 7) is 6.69. The minimum absolute atomic E-state index is 0.0809. The highest BCUT2D eigenvalue weighted by Crippen LogP contribution is 2.42. The molecule has 3 rings (SSSR count). The van der Waals surface area contributed by atoms with Crippen LogP contribution in [-0.2, 0) is 6.42 Å². The molecule has 1 aromatic rings. The molecule has 3 heteroatoms. The Hall–Kier alpha value is -0.800. The SMILES string of the molecule is Cc1cc2c(o1)CC(C)(C)CC2NC1CCC(O)CC1. The lowest BCUT2D eigenvalue weighted by atomic mass is 9.74. The van der Waals surface area contributed by atoms with E-state index in [9.17, 15) is 5.11 Å². The van der Waals surface area contributed by atoms with Gasteiger partial charge in [-0.25, -0.2) is 0 Å². The summed E-state index contributed by atoms with van der Waals surface area (Å²) in [4.78, 5) is 0. The van der Waals surface area contributed by atoms with Gasteiger partial charge in [0.2, 0.25) is 0 Å². The number of aliphatic hydroxyl groups excluding tert-OH is 1. The summed E-state index contributed by atoms with van der Waals surface area (Å²) < 4.78 is 5.90. The van der Waals surface area contributed by atoms with Crippen LogP contribution in [0.3, 0.4) is 0 Å². The predicted molar refractivity (Wildman–Crippen MR) is 79.7 cm³/mol. The molecule has 0 radical (unpaired) electrons. The average Bonchev–Trinajstić information content (AvgIpc) is 2.71. The third kappa shape index (κ3) is 2.94. The zero-order valence-electron chi connectivity index (χ0n) is 12.9. The maximum atomic E-state index is 9.63. The van der Waals surface area contributed by atoms with E-state index in [0.29, 0.717) is 17.5 Å². The van der Waals surface area contributed by atoms with Crippen LogP contribution >= 0.6 is 0 Å². The van der Waals surface area contributed by atoms with Crippen molar-refractivity contribution in [3.63, 3.8) is 0 Å². The number of furan rings is 1. The van der Waals surface area contributed by atoms with Gasteiger partial charge in [-0.2, -0.15) is 0 Å². The molecule has 0 aromatic carbocycles. The van der Waals surface area contributed by atoms with Crippen molar-refractivity contribution in [2.45, 2.75) is 77.5 Å². The first kappa shape index (κ1) is 14.2. The molecule has 0 bridgehead atoms. The molecule has 1 saturated carbocycles. The summed E-state index contributed by atoms with van der Waals surface area (Å²) in [7, 11) is 0. The topological polar surface area (TPSA) is 45.4 Å². The summed E-state index contributed by atoms with van der Waals surface area (Å²) in [5.74, 6) is 2.20. The first-order valence-corrected chi connectivity index (χ1v) is 7.96. The summed E-state index contributed by atoms with van der Waals surface area (Å²) in [5, 5.41) is 13.5. The van der Waals surface area contributed by atoms with E-state index in [1.807, 2.05) is 6.92 Å². The van der Waals surface area contributed by atoms with Crippen molar-refractivity contribution >= 4 is 0 Å². The van der Waals surface area contributed by atoms with Gasteiger partial charge < -0.3 is 14.8 Å². The molecule has 1 fully saturated rings. The van der Waals surface area contributed by atoms with E-state index >= 15 is 0 Å². The number of hydrogen-bond acceptors (Lipinski definition) is 3. The van der Waals surface area contributed by atoms with Crippen LogP contribution in [0.25, 0.3) is 0 Å². The Kier molecular flexibility index (Phi) is 3.67. The van der Waals surface area contributed by atoms with Crippen LogP contribution in [0.5, 0.6) is 0 Å². The summed E-state index contributed by atoms with van der Waals surface area (Å²) in [6, 6.07) is 3.16. The van der Waals surface area contributed by atoms with Gasteiger partial charge in [0.15, 0.2) is 0 Å². The molecule has 1 atom stereocenters. The lowest BCUT2D eigenvalue weighted by Gasteiger charge is -2.38. The molecule has 0 spiro atoms. The number of nitrogens with one attached hydrogen (secondary N) is 1. The smallest absolute Gasteiger partial charge is 0.109 e. The normalized spacial score (nSPS) is 32.9. The van der Waals surface area contributed by atoms with Crippen LogP contribution in [0, 0.1) is 12.3 Å². The standard InChI is InChI=1S/C17H27NO2/c1-11-8-14-15(9-17(2,3)10-16(14)20-11)18-12-4-6-13(19)7-5-12/h8,12-13,15,18-19H,4-7,9-10H2,1-3H3. The van der Waals surface area contributed by atoms with Crippen molar-refractivity contribution in [2.75, 3.05) is 0 Å². The molecule has 20 heavy (non-hydrogen) atoms. The third-order valence-corrected chi connectivity index (χ3v) is 4.87. The zero-order valence-corrected chi connectivity index (χ0v) is 12.9. The number of aryl methyl sites for hydroxylation is 1. The Morgan fingerprint density at radius 2 is 1.95 bits per heavy atom. The Balaban J connectivity index is 1.75. The molecular weight excluding hydrogens is 250 g/mol. The van der Waals surface area contributed by atoms with Crippen molar-refractivity contribution < 1.29 is 9.52 Å². The van der Waals surface area contributed by atoms with E-state index in [0.717, 1.165) is 44.3 Å². The van der Waals surface area contributed by atoms with Gasteiger partial charge >= 0.3 is 0 Å². The molecule has 0 saturated heterocycles. The minimum Gasteiger partial charge on any atom is -0.466 e. The molecule has 0 amide bonds. The van der Waals surface area contributed by atoms with Crippen LogP contribution < -0.4 is 5.32 Å². The number of rotatable bonds is 2. The summed E-state index contributed by atoms with van der Waals surface area (Å²) in [5.41, 5.74) is 1.66. The molecule has 112 valence electrons. The van der Waals surface area contributed by atoms with Crippen LogP contribution in [0.4, 0.5) is 0 Å². The molecule has 1 aromatic heterocycles. The first-order chi connectivity index (χ1) is 9.43. The molecule has 2 aliphatic carbocycles. The van der Waals surface area contributed by atoms with Gasteiger partial charge in [0.05, 0.1) is 6.10 Å². The van der Waals surface area contributed by atoms with Gasteiger partial charge in [0.1, 0.15) is 11.5 Å². The monoisotopic (exact) mass is 277 g/mol. The van der Waals surface area contributed by atoms with Gasteiger partial charge in [0, 0.05) is 24.1 Å². The lowest BCUT2D eigenvalue weighted by molar-refractivity contribution is 0.110. The van der Waals surface area contributed by atoms with Crippen molar-refractivity contribution in [2.24, 2.45) is 5.41 Å². The molecule has 2 aliphatic rings. The second-order valence-corrected chi connectivity index (χ2v) is 7.51. The Bertz CT molecular complexity index is 469. The quantitative estimate of drug-likeness (QED) is 0.869. The lowest BCUT2D eigenvalue weighted by Crippen LogP contribution is -2.40. The van der Waals surface area contributed by atoms with E-state index in [2.05, 4.69) is 25.2 Å².